The molecule has 1 aromatic rings. The van der Waals surface area contributed by atoms with Crippen molar-refractivity contribution >= 4 is 30.1 Å². The highest BCUT2D eigenvalue weighted by Gasteiger charge is 2.25. The molecule has 4 nitrogen and oxygen atoms in total. The van der Waals surface area contributed by atoms with Gasteiger partial charge in [0.2, 0.25) is 5.91 Å². The minimum Gasteiger partial charge on any atom is -0.352 e. The molecular weight excluding hydrogens is 342 g/mol. The average molecular weight is 372 g/mol. The van der Waals surface area contributed by atoms with E-state index < -0.39 is 0 Å². The Hall–Kier alpha value is -0.750. The van der Waals surface area contributed by atoms with Crippen LogP contribution in [0.25, 0.3) is 0 Å². The molecule has 1 aromatic carbocycles. The smallest absolute Gasteiger partial charge is 0.237 e. The monoisotopic (exact) mass is 371 g/mol. The molecule has 0 aliphatic carbocycles. The lowest BCUT2D eigenvalue weighted by atomic mass is 10.00. The van der Waals surface area contributed by atoms with Crippen molar-refractivity contribution in [1.82, 2.24) is 10.2 Å². The fourth-order valence-corrected chi connectivity index (χ4v) is 3.55. The van der Waals surface area contributed by atoms with E-state index in [2.05, 4.69) is 47.5 Å². The van der Waals surface area contributed by atoms with Crippen molar-refractivity contribution in [2.24, 2.45) is 5.73 Å². The first kappa shape index (κ1) is 21.3. The number of amides is 1. The van der Waals surface area contributed by atoms with Gasteiger partial charge in [-0.3, -0.25) is 9.69 Å². The van der Waals surface area contributed by atoms with E-state index >= 15 is 0 Å². The summed E-state index contributed by atoms with van der Waals surface area (Å²) in [5.41, 5.74) is 7.29. The first-order valence-electron chi connectivity index (χ1n) is 8.45. The third-order valence-electron chi connectivity index (χ3n) is 4.68. The second kappa shape index (κ2) is 11.0. The molecule has 0 radical (unpaired) electrons. The number of carbonyl (C=O) groups excluding carboxylic acids is 1. The molecule has 1 amide bonds. The lowest BCUT2D eigenvalue weighted by molar-refractivity contribution is -0.123. The summed E-state index contributed by atoms with van der Waals surface area (Å²) in [6.45, 7) is 4.29. The largest absolute Gasteiger partial charge is 0.352 e. The normalized spacial score (nSPS) is 18.5. The van der Waals surface area contributed by atoms with Gasteiger partial charge in [-0.05, 0) is 43.8 Å². The Kier molecular flexibility index (Phi) is 9.74. The van der Waals surface area contributed by atoms with Crippen LogP contribution in [0.5, 0.6) is 0 Å². The number of nitrogens with two attached hydrogens (primary N) is 1. The molecule has 1 heterocycles. The lowest BCUT2D eigenvalue weighted by Crippen LogP contribution is -2.50. The number of thioether (sulfide) groups is 1. The molecule has 1 fully saturated rings. The van der Waals surface area contributed by atoms with Crippen molar-refractivity contribution in [3.8, 4) is 0 Å². The second-order valence-electron chi connectivity index (χ2n) is 6.29. The lowest BCUT2D eigenvalue weighted by Gasteiger charge is -2.36. The van der Waals surface area contributed by atoms with Crippen LogP contribution in [-0.2, 0) is 4.79 Å². The van der Waals surface area contributed by atoms with Gasteiger partial charge in [-0.2, -0.15) is 11.8 Å². The molecule has 0 bridgehead atoms. The zero-order chi connectivity index (χ0) is 16.7. The van der Waals surface area contributed by atoms with Crippen LogP contribution < -0.4 is 11.1 Å². The predicted molar refractivity (Wildman–Crippen MR) is 106 cm³/mol. The van der Waals surface area contributed by atoms with E-state index in [1.807, 2.05) is 6.26 Å². The summed E-state index contributed by atoms with van der Waals surface area (Å²) < 4.78 is 0. The molecule has 1 unspecified atom stereocenters. The molecule has 3 N–H and O–H groups in total. The molecule has 6 heteroatoms. The van der Waals surface area contributed by atoms with Crippen molar-refractivity contribution < 1.29 is 4.79 Å². The van der Waals surface area contributed by atoms with Gasteiger partial charge in [-0.25, -0.2) is 0 Å². The molecule has 0 spiro atoms. The first-order valence-corrected chi connectivity index (χ1v) is 9.85. The summed E-state index contributed by atoms with van der Waals surface area (Å²) in [6.07, 6.45) is 4.78. The minimum absolute atomic E-state index is 0. The predicted octanol–water partition coefficient (Wildman–Crippen LogP) is 2.83. The van der Waals surface area contributed by atoms with Crippen LogP contribution in [0.2, 0.25) is 0 Å². The van der Waals surface area contributed by atoms with E-state index in [-0.39, 0.29) is 30.4 Å². The van der Waals surface area contributed by atoms with Crippen LogP contribution in [0.4, 0.5) is 0 Å². The number of halogens is 1. The number of carbonyl (C=O) groups is 1. The number of likely N-dealkylation sites (tertiary alicyclic amines) is 1. The number of rotatable bonds is 7. The van der Waals surface area contributed by atoms with E-state index in [0.29, 0.717) is 6.04 Å². The average Bonchev–Trinajstić information content (AvgIpc) is 2.60. The van der Waals surface area contributed by atoms with Gasteiger partial charge in [0.25, 0.3) is 0 Å². The molecule has 2 rings (SSSR count). The molecule has 1 aliphatic heterocycles. The maximum Gasteiger partial charge on any atom is 0.237 e. The Morgan fingerprint density at radius 2 is 1.96 bits per heavy atom. The number of hydrogen-bond donors (Lipinski definition) is 2. The van der Waals surface area contributed by atoms with Crippen molar-refractivity contribution in [2.75, 3.05) is 25.1 Å². The maximum atomic E-state index is 12.1. The SMILES string of the molecule is CSCC[C@H](N)C(=O)NC1CCN(C(C)c2ccccc2)CC1.Cl. The van der Waals surface area contributed by atoms with Gasteiger partial charge >= 0.3 is 0 Å². The Morgan fingerprint density at radius 1 is 1.33 bits per heavy atom. The number of nitrogens with one attached hydrogen (secondary N) is 1. The van der Waals surface area contributed by atoms with Crippen molar-refractivity contribution in [3.63, 3.8) is 0 Å². The molecular formula is C18H30ClN3OS. The van der Waals surface area contributed by atoms with Gasteiger partial charge in [0.05, 0.1) is 6.04 Å². The second-order valence-corrected chi connectivity index (χ2v) is 7.28. The van der Waals surface area contributed by atoms with Crippen LogP contribution in [0.3, 0.4) is 0 Å². The molecule has 1 saturated heterocycles. The van der Waals surface area contributed by atoms with Crippen LogP contribution >= 0.6 is 24.2 Å². The van der Waals surface area contributed by atoms with Gasteiger partial charge < -0.3 is 11.1 Å². The summed E-state index contributed by atoms with van der Waals surface area (Å²) in [7, 11) is 0. The summed E-state index contributed by atoms with van der Waals surface area (Å²) in [6, 6.07) is 10.9. The minimum atomic E-state index is -0.372. The van der Waals surface area contributed by atoms with E-state index in [1.54, 1.807) is 11.8 Å². The van der Waals surface area contributed by atoms with Crippen LogP contribution in [-0.4, -0.2) is 48.0 Å². The standard InChI is InChI=1S/C18H29N3OS.ClH/c1-14(15-6-4-3-5-7-15)21-11-8-16(9-12-21)20-18(22)17(19)10-13-23-2;/h3-7,14,16-17H,8-13,19H2,1-2H3,(H,20,22);1H/t14?,17-;/m0./s1. The number of nitrogens with zero attached hydrogens (tertiary/aromatic N) is 1. The Bertz CT molecular complexity index is 480. The first-order chi connectivity index (χ1) is 11.1. The van der Waals surface area contributed by atoms with Gasteiger partial charge in [0.15, 0.2) is 0 Å². The van der Waals surface area contributed by atoms with E-state index in [4.69, 9.17) is 5.73 Å². The number of hydrogen-bond acceptors (Lipinski definition) is 4. The third-order valence-corrected chi connectivity index (χ3v) is 5.32. The Morgan fingerprint density at radius 3 is 2.54 bits per heavy atom. The van der Waals surface area contributed by atoms with Crippen molar-refractivity contribution in [3.05, 3.63) is 35.9 Å². The Labute approximate surface area is 156 Å². The number of piperidine rings is 1. The van der Waals surface area contributed by atoms with Crippen LogP contribution in [0.1, 0.15) is 37.8 Å². The van der Waals surface area contributed by atoms with E-state index in [9.17, 15) is 4.79 Å². The van der Waals surface area contributed by atoms with Gasteiger partial charge in [-0.15, -0.1) is 12.4 Å². The molecule has 136 valence electrons. The Balaban J connectivity index is 0.00000288. The summed E-state index contributed by atoms with van der Waals surface area (Å²) >= 11 is 1.73. The van der Waals surface area contributed by atoms with Gasteiger partial charge in [0.1, 0.15) is 0 Å². The van der Waals surface area contributed by atoms with Crippen molar-refractivity contribution in [1.29, 1.82) is 0 Å². The van der Waals surface area contributed by atoms with Crippen LogP contribution in [0, 0.1) is 0 Å². The molecule has 1 aliphatic rings. The highest BCUT2D eigenvalue weighted by atomic mass is 35.5. The highest BCUT2D eigenvalue weighted by molar-refractivity contribution is 7.98. The van der Waals surface area contributed by atoms with E-state index in [0.717, 1.165) is 38.1 Å². The zero-order valence-corrected chi connectivity index (χ0v) is 16.2. The van der Waals surface area contributed by atoms with E-state index in [1.165, 1.54) is 5.56 Å². The van der Waals surface area contributed by atoms with Crippen molar-refractivity contribution in [2.45, 2.75) is 44.3 Å². The highest BCUT2D eigenvalue weighted by Crippen LogP contribution is 2.24. The maximum absolute atomic E-state index is 12.1. The zero-order valence-electron chi connectivity index (χ0n) is 14.6. The number of benzene rings is 1. The summed E-state index contributed by atoms with van der Waals surface area (Å²) in [5, 5.41) is 3.13. The van der Waals surface area contributed by atoms with Crippen LogP contribution in [0.15, 0.2) is 30.3 Å². The third kappa shape index (κ3) is 6.28. The van der Waals surface area contributed by atoms with Gasteiger partial charge in [0, 0.05) is 25.2 Å². The van der Waals surface area contributed by atoms with Gasteiger partial charge in [-0.1, -0.05) is 30.3 Å². The fraction of sp³-hybridized carbons (Fsp3) is 0.611. The topological polar surface area (TPSA) is 58.4 Å². The molecule has 0 aromatic heterocycles. The fourth-order valence-electron chi connectivity index (χ4n) is 3.06. The quantitative estimate of drug-likeness (QED) is 0.773. The molecule has 0 saturated carbocycles. The molecule has 24 heavy (non-hydrogen) atoms. The molecule has 2 atom stereocenters. The summed E-state index contributed by atoms with van der Waals surface area (Å²) in [4.78, 5) is 14.6. The summed E-state index contributed by atoms with van der Waals surface area (Å²) in [5.74, 6) is 0.940.